The van der Waals surface area contributed by atoms with Crippen LogP contribution >= 0.6 is 11.3 Å². The van der Waals surface area contributed by atoms with E-state index in [1.807, 2.05) is 41.8 Å². The van der Waals surface area contributed by atoms with Crippen LogP contribution in [-0.2, 0) is 0 Å². The molecule has 0 spiro atoms. The van der Waals surface area contributed by atoms with Crippen molar-refractivity contribution in [3.8, 4) is 0 Å². The molecule has 24 heavy (non-hydrogen) atoms. The Labute approximate surface area is 147 Å². The predicted octanol–water partition coefficient (Wildman–Crippen LogP) is 3.71. The minimum absolute atomic E-state index is 0.103. The van der Waals surface area contributed by atoms with Crippen LogP contribution in [0.1, 0.15) is 42.5 Å². The zero-order valence-corrected chi connectivity index (χ0v) is 15.1. The average Bonchev–Trinajstić information content (AvgIpc) is 3.11. The molecule has 0 fully saturated rings. The van der Waals surface area contributed by atoms with Gasteiger partial charge in [-0.2, -0.15) is 0 Å². The number of urea groups is 1. The minimum atomic E-state index is -0.404. The molecule has 0 aliphatic heterocycles. The van der Waals surface area contributed by atoms with Crippen LogP contribution < -0.4 is 10.6 Å². The summed E-state index contributed by atoms with van der Waals surface area (Å²) in [4.78, 5) is 13.3. The lowest BCUT2D eigenvalue weighted by atomic mass is 9.93. The topological polar surface area (TPSA) is 61.4 Å². The smallest absolute Gasteiger partial charge is 0.314 e. The largest absolute Gasteiger partial charge is 0.393 e. The normalized spacial score (nSPS) is 14.6. The van der Waals surface area contributed by atoms with Gasteiger partial charge < -0.3 is 15.7 Å². The standard InChI is InChI=1S/C19H26N2O2S/c1-14(18-9-6-10-24-18)12-20-19(23)21-13-17(11-15(2)22)16-7-4-3-5-8-16/h3-10,14-15,17,22H,11-13H2,1-2H3,(H2,20,21,23). The maximum absolute atomic E-state index is 12.1. The molecule has 1 heterocycles. The number of amides is 2. The van der Waals surface area contributed by atoms with Crippen LogP contribution in [-0.4, -0.2) is 30.3 Å². The lowest BCUT2D eigenvalue weighted by molar-refractivity contribution is 0.173. The molecular formula is C19H26N2O2S. The SMILES string of the molecule is CC(O)CC(CNC(=O)NCC(C)c1cccs1)c1ccccc1. The Hall–Kier alpha value is -1.85. The zero-order chi connectivity index (χ0) is 17.4. The highest BCUT2D eigenvalue weighted by Gasteiger charge is 2.15. The number of hydrogen-bond acceptors (Lipinski definition) is 3. The van der Waals surface area contributed by atoms with Gasteiger partial charge in [-0.05, 0) is 30.4 Å². The summed E-state index contributed by atoms with van der Waals surface area (Å²) in [6, 6.07) is 13.9. The van der Waals surface area contributed by atoms with Gasteiger partial charge in [-0.3, -0.25) is 0 Å². The van der Waals surface area contributed by atoms with Crippen molar-refractivity contribution in [2.75, 3.05) is 13.1 Å². The summed E-state index contributed by atoms with van der Waals surface area (Å²) >= 11 is 1.71. The molecule has 0 aliphatic carbocycles. The first-order valence-electron chi connectivity index (χ1n) is 8.34. The summed E-state index contributed by atoms with van der Waals surface area (Å²) < 4.78 is 0. The predicted molar refractivity (Wildman–Crippen MR) is 99.6 cm³/mol. The summed E-state index contributed by atoms with van der Waals surface area (Å²) in [5.74, 6) is 0.407. The molecule has 4 nitrogen and oxygen atoms in total. The van der Waals surface area contributed by atoms with Gasteiger partial charge in [0, 0.05) is 29.8 Å². The van der Waals surface area contributed by atoms with Crippen LogP contribution in [0.2, 0.25) is 0 Å². The van der Waals surface area contributed by atoms with Crippen LogP contribution in [0.15, 0.2) is 47.8 Å². The molecular weight excluding hydrogens is 320 g/mol. The van der Waals surface area contributed by atoms with E-state index in [-0.39, 0.29) is 11.9 Å². The van der Waals surface area contributed by atoms with Gasteiger partial charge in [0.2, 0.25) is 0 Å². The van der Waals surface area contributed by atoms with Crippen molar-refractivity contribution in [3.63, 3.8) is 0 Å². The summed E-state index contributed by atoms with van der Waals surface area (Å²) in [5, 5.41) is 17.6. The van der Waals surface area contributed by atoms with Crippen LogP contribution in [0.3, 0.4) is 0 Å². The number of thiophene rings is 1. The second-order valence-electron chi connectivity index (χ2n) is 6.20. The fraction of sp³-hybridized carbons (Fsp3) is 0.421. The van der Waals surface area contributed by atoms with E-state index in [0.717, 1.165) is 5.56 Å². The first-order chi connectivity index (χ1) is 11.6. The van der Waals surface area contributed by atoms with E-state index >= 15 is 0 Å². The molecule has 1 aromatic carbocycles. The lowest BCUT2D eigenvalue weighted by Gasteiger charge is -2.20. The average molecular weight is 346 g/mol. The second kappa shape index (κ2) is 9.45. The lowest BCUT2D eigenvalue weighted by Crippen LogP contribution is -2.39. The van der Waals surface area contributed by atoms with Crippen molar-refractivity contribution in [1.82, 2.24) is 10.6 Å². The van der Waals surface area contributed by atoms with Crippen LogP contribution in [0.4, 0.5) is 4.79 Å². The molecule has 130 valence electrons. The number of hydrogen-bond donors (Lipinski definition) is 3. The quantitative estimate of drug-likeness (QED) is 0.682. The highest BCUT2D eigenvalue weighted by molar-refractivity contribution is 7.10. The number of nitrogens with one attached hydrogen (secondary N) is 2. The first kappa shape index (κ1) is 18.5. The van der Waals surface area contributed by atoms with Crippen molar-refractivity contribution < 1.29 is 9.90 Å². The molecule has 2 aromatic rings. The summed E-state index contributed by atoms with van der Waals surface area (Å²) in [6.45, 7) is 5.00. The number of aliphatic hydroxyl groups excluding tert-OH is 1. The van der Waals surface area contributed by atoms with Gasteiger partial charge in [-0.15, -0.1) is 11.3 Å². The fourth-order valence-corrected chi connectivity index (χ4v) is 3.46. The Kier molecular flexibility index (Phi) is 7.28. The third kappa shape index (κ3) is 5.98. The number of carbonyl (C=O) groups is 1. The Bertz CT molecular complexity index is 599. The molecule has 0 bridgehead atoms. The van der Waals surface area contributed by atoms with E-state index in [4.69, 9.17) is 0 Å². The Morgan fingerprint density at radius 1 is 1.08 bits per heavy atom. The van der Waals surface area contributed by atoms with E-state index in [1.165, 1.54) is 4.88 Å². The molecule has 3 unspecified atom stereocenters. The van der Waals surface area contributed by atoms with Gasteiger partial charge in [0.05, 0.1) is 6.10 Å². The van der Waals surface area contributed by atoms with Crippen molar-refractivity contribution in [2.45, 2.75) is 38.2 Å². The highest BCUT2D eigenvalue weighted by Crippen LogP contribution is 2.21. The van der Waals surface area contributed by atoms with Gasteiger partial charge in [-0.1, -0.05) is 43.3 Å². The molecule has 0 saturated carbocycles. The van der Waals surface area contributed by atoms with Crippen molar-refractivity contribution in [1.29, 1.82) is 0 Å². The van der Waals surface area contributed by atoms with Gasteiger partial charge in [-0.25, -0.2) is 4.79 Å². The highest BCUT2D eigenvalue weighted by atomic mass is 32.1. The molecule has 2 amide bonds. The van der Waals surface area contributed by atoms with E-state index in [2.05, 4.69) is 23.6 Å². The summed E-state index contributed by atoms with van der Waals surface area (Å²) in [6.07, 6.45) is 0.217. The molecule has 0 radical (unpaired) electrons. The number of rotatable bonds is 8. The van der Waals surface area contributed by atoms with Gasteiger partial charge in [0.25, 0.3) is 0 Å². The number of aliphatic hydroxyl groups is 1. The molecule has 0 saturated heterocycles. The van der Waals surface area contributed by atoms with E-state index in [9.17, 15) is 9.90 Å². The van der Waals surface area contributed by atoms with Crippen LogP contribution in [0, 0.1) is 0 Å². The maximum Gasteiger partial charge on any atom is 0.314 e. The zero-order valence-electron chi connectivity index (χ0n) is 14.2. The molecule has 3 N–H and O–H groups in total. The van der Waals surface area contributed by atoms with E-state index < -0.39 is 6.10 Å². The van der Waals surface area contributed by atoms with Crippen molar-refractivity contribution >= 4 is 17.4 Å². The molecule has 3 atom stereocenters. The minimum Gasteiger partial charge on any atom is -0.393 e. The number of carbonyl (C=O) groups excluding carboxylic acids is 1. The van der Waals surface area contributed by atoms with E-state index in [0.29, 0.717) is 25.4 Å². The maximum atomic E-state index is 12.1. The van der Waals surface area contributed by atoms with Gasteiger partial charge >= 0.3 is 6.03 Å². The van der Waals surface area contributed by atoms with Gasteiger partial charge in [0.1, 0.15) is 0 Å². The third-order valence-electron chi connectivity index (χ3n) is 4.00. The molecule has 1 aromatic heterocycles. The number of benzene rings is 1. The van der Waals surface area contributed by atoms with Crippen molar-refractivity contribution in [3.05, 3.63) is 58.3 Å². The van der Waals surface area contributed by atoms with Crippen LogP contribution in [0.5, 0.6) is 0 Å². The molecule has 2 rings (SSSR count). The summed E-state index contributed by atoms with van der Waals surface area (Å²) in [5.41, 5.74) is 1.13. The Morgan fingerprint density at radius 3 is 2.42 bits per heavy atom. The van der Waals surface area contributed by atoms with Crippen molar-refractivity contribution in [2.24, 2.45) is 0 Å². The third-order valence-corrected chi connectivity index (χ3v) is 5.11. The summed E-state index contributed by atoms with van der Waals surface area (Å²) in [7, 11) is 0. The van der Waals surface area contributed by atoms with Crippen LogP contribution in [0.25, 0.3) is 0 Å². The Morgan fingerprint density at radius 2 is 1.79 bits per heavy atom. The van der Waals surface area contributed by atoms with E-state index in [1.54, 1.807) is 18.3 Å². The second-order valence-corrected chi connectivity index (χ2v) is 7.18. The van der Waals surface area contributed by atoms with Gasteiger partial charge in [0.15, 0.2) is 0 Å². The fourth-order valence-electron chi connectivity index (χ4n) is 2.67. The monoisotopic (exact) mass is 346 g/mol. The molecule has 0 aliphatic rings. The Balaban J connectivity index is 1.81. The molecule has 5 heteroatoms. The first-order valence-corrected chi connectivity index (χ1v) is 9.22.